The summed E-state index contributed by atoms with van der Waals surface area (Å²) in [6.45, 7) is 8.93. The lowest BCUT2D eigenvalue weighted by Gasteiger charge is -2.31. The molecule has 2 rings (SSSR count). The average Bonchev–Trinajstić information content (AvgIpc) is 2.81. The lowest BCUT2D eigenvalue weighted by molar-refractivity contribution is 0.517. The molecular formula is C13H23N3S. The van der Waals surface area contributed by atoms with Crippen LogP contribution in [0.25, 0.3) is 0 Å². The molecule has 0 radical (unpaired) electrons. The van der Waals surface area contributed by atoms with Gasteiger partial charge in [0.1, 0.15) is 0 Å². The Bertz CT molecular complexity index is 384. The van der Waals surface area contributed by atoms with Crippen molar-refractivity contribution in [2.45, 2.75) is 52.1 Å². The Kier molecular flexibility index (Phi) is 3.73. The number of rotatable bonds is 4. The summed E-state index contributed by atoms with van der Waals surface area (Å²) in [5, 5.41) is 4.45. The third-order valence-electron chi connectivity index (χ3n) is 3.57. The van der Waals surface area contributed by atoms with E-state index in [-0.39, 0.29) is 5.54 Å². The highest BCUT2D eigenvalue weighted by atomic mass is 32.1. The molecule has 0 unspecified atom stereocenters. The van der Waals surface area contributed by atoms with E-state index in [9.17, 15) is 0 Å². The van der Waals surface area contributed by atoms with Crippen molar-refractivity contribution in [2.75, 3.05) is 18.5 Å². The first-order valence-electron chi connectivity index (χ1n) is 6.49. The number of aromatic nitrogens is 1. The predicted octanol–water partition coefficient (Wildman–Crippen LogP) is 2.80. The summed E-state index contributed by atoms with van der Waals surface area (Å²) in [6, 6.07) is 0. The Balaban J connectivity index is 2.27. The van der Waals surface area contributed by atoms with Crippen LogP contribution in [0, 0.1) is 0 Å². The fourth-order valence-corrected chi connectivity index (χ4v) is 3.87. The van der Waals surface area contributed by atoms with E-state index in [1.165, 1.54) is 28.5 Å². The summed E-state index contributed by atoms with van der Waals surface area (Å²) >= 11 is 1.86. The second-order valence-corrected chi connectivity index (χ2v) is 6.38. The average molecular weight is 253 g/mol. The van der Waals surface area contributed by atoms with Gasteiger partial charge in [0.15, 0.2) is 5.13 Å². The van der Waals surface area contributed by atoms with Crippen LogP contribution in [-0.2, 0) is 13.0 Å². The molecule has 0 spiro atoms. The van der Waals surface area contributed by atoms with E-state index in [1.807, 2.05) is 18.4 Å². The summed E-state index contributed by atoms with van der Waals surface area (Å²) in [4.78, 5) is 8.71. The molecular weight excluding hydrogens is 230 g/mol. The van der Waals surface area contributed by atoms with E-state index in [0.717, 1.165) is 19.5 Å². The maximum absolute atomic E-state index is 4.83. The van der Waals surface area contributed by atoms with E-state index < -0.39 is 0 Å². The highest BCUT2D eigenvalue weighted by Crippen LogP contribution is 2.37. The maximum atomic E-state index is 4.83. The summed E-state index contributed by atoms with van der Waals surface area (Å²) in [7, 11) is 2.00. The highest BCUT2D eigenvalue weighted by molar-refractivity contribution is 7.15. The molecule has 1 N–H and O–H groups in total. The van der Waals surface area contributed by atoms with Crippen molar-refractivity contribution in [3.8, 4) is 0 Å². The second kappa shape index (κ2) is 4.94. The van der Waals surface area contributed by atoms with Crippen LogP contribution in [0.2, 0.25) is 0 Å². The van der Waals surface area contributed by atoms with Gasteiger partial charge >= 0.3 is 0 Å². The highest BCUT2D eigenvalue weighted by Gasteiger charge is 2.34. The zero-order chi connectivity index (χ0) is 12.5. The van der Waals surface area contributed by atoms with Gasteiger partial charge in [-0.05, 0) is 40.2 Å². The minimum Gasteiger partial charge on any atom is -0.343 e. The van der Waals surface area contributed by atoms with Gasteiger partial charge in [0.25, 0.3) is 0 Å². The SMILES string of the molecule is CCc1nc(N2CCCC2(C)C)sc1CNC. The van der Waals surface area contributed by atoms with Crippen LogP contribution in [0.5, 0.6) is 0 Å². The van der Waals surface area contributed by atoms with Crippen molar-refractivity contribution in [3.05, 3.63) is 10.6 Å². The first-order chi connectivity index (χ1) is 8.08. The Morgan fingerprint density at radius 2 is 2.24 bits per heavy atom. The number of nitrogens with zero attached hydrogens (tertiary/aromatic N) is 2. The van der Waals surface area contributed by atoms with E-state index >= 15 is 0 Å². The molecule has 0 atom stereocenters. The largest absolute Gasteiger partial charge is 0.343 e. The molecule has 0 bridgehead atoms. The van der Waals surface area contributed by atoms with Crippen LogP contribution in [0.1, 0.15) is 44.2 Å². The normalized spacial score (nSPS) is 18.9. The fraction of sp³-hybridized carbons (Fsp3) is 0.769. The number of nitrogens with one attached hydrogen (secondary N) is 1. The van der Waals surface area contributed by atoms with E-state index in [0.29, 0.717) is 0 Å². The number of hydrogen-bond donors (Lipinski definition) is 1. The number of aryl methyl sites for hydroxylation is 1. The van der Waals surface area contributed by atoms with Crippen LogP contribution >= 0.6 is 11.3 Å². The molecule has 0 amide bonds. The predicted molar refractivity (Wildman–Crippen MR) is 74.9 cm³/mol. The van der Waals surface area contributed by atoms with Crippen LogP contribution in [-0.4, -0.2) is 24.1 Å². The van der Waals surface area contributed by atoms with Crippen LogP contribution in [0.3, 0.4) is 0 Å². The molecule has 1 aliphatic rings. The third-order valence-corrected chi connectivity index (χ3v) is 4.69. The molecule has 1 aromatic rings. The van der Waals surface area contributed by atoms with Crippen molar-refractivity contribution in [3.63, 3.8) is 0 Å². The summed E-state index contributed by atoms with van der Waals surface area (Å²) in [5.41, 5.74) is 1.54. The van der Waals surface area contributed by atoms with Gasteiger partial charge in [-0.25, -0.2) is 4.98 Å². The van der Waals surface area contributed by atoms with Gasteiger partial charge in [-0.3, -0.25) is 0 Å². The molecule has 1 aromatic heterocycles. The van der Waals surface area contributed by atoms with Crippen LogP contribution < -0.4 is 10.2 Å². The first-order valence-corrected chi connectivity index (χ1v) is 7.31. The van der Waals surface area contributed by atoms with E-state index in [4.69, 9.17) is 4.98 Å². The first kappa shape index (κ1) is 12.8. The smallest absolute Gasteiger partial charge is 0.186 e. The van der Waals surface area contributed by atoms with E-state index in [2.05, 4.69) is 31.0 Å². The standard InChI is InChI=1S/C13H23N3S/c1-5-10-11(9-14-4)17-12(15-10)16-8-6-7-13(16,2)3/h14H,5-9H2,1-4H3. The van der Waals surface area contributed by atoms with Crippen molar-refractivity contribution in [1.29, 1.82) is 0 Å². The zero-order valence-electron chi connectivity index (χ0n) is 11.3. The molecule has 3 nitrogen and oxygen atoms in total. The molecule has 2 heterocycles. The van der Waals surface area contributed by atoms with Gasteiger partial charge in [0.2, 0.25) is 0 Å². The molecule has 1 fully saturated rings. The van der Waals surface area contributed by atoms with Gasteiger partial charge in [-0.15, -0.1) is 11.3 Å². The number of hydrogen-bond acceptors (Lipinski definition) is 4. The quantitative estimate of drug-likeness (QED) is 0.894. The Hall–Kier alpha value is -0.610. The third kappa shape index (κ3) is 2.47. The second-order valence-electron chi connectivity index (χ2n) is 5.32. The number of anilines is 1. The molecule has 96 valence electrons. The van der Waals surface area contributed by atoms with Crippen LogP contribution in [0.15, 0.2) is 0 Å². The monoisotopic (exact) mass is 253 g/mol. The molecule has 0 aromatic carbocycles. The molecule has 0 aliphatic carbocycles. The van der Waals surface area contributed by atoms with Gasteiger partial charge < -0.3 is 10.2 Å². The van der Waals surface area contributed by atoms with Crippen molar-refractivity contribution < 1.29 is 0 Å². The van der Waals surface area contributed by atoms with Gasteiger partial charge in [0.05, 0.1) is 5.69 Å². The zero-order valence-corrected chi connectivity index (χ0v) is 12.2. The van der Waals surface area contributed by atoms with Gasteiger partial charge in [-0.1, -0.05) is 6.92 Å². The lowest BCUT2D eigenvalue weighted by Crippen LogP contribution is -2.38. The maximum Gasteiger partial charge on any atom is 0.186 e. The minimum atomic E-state index is 0.278. The van der Waals surface area contributed by atoms with Crippen molar-refractivity contribution in [2.24, 2.45) is 0 Å². The molecule has 1 aliphatic heterocycles. The Morgan fingerprint density at radius 1 is 1.47 bits per heavy atom. The van der Waals surface area contributed by atoms with Crippen LogP contribution in [0.4, 0.5) is 5.13 Å². The topological polar surface area (TPSA) is 28.2 Å². The Labute approximate surface area is 108 Å². The minimum absolute atomic E-state index is 0.278. The fourth-order valence-electron chi connectivity index (χ4n) is 2.52. The van der Waals surface area contributed by atoms with E-state index in [1.54, 1.807) is 0 Å². The van der Waals surface area contributed by atoms with Gasteiger partial charge in [0, 0.05) is 23.5 Å². The molecule has 1 saturated heterocycles. The van der Waals surface area contributed by atoms with Crippen molar-refractivity contribution in [1.82, 2.24) is 10.3 Å². The molecule has 4 heteroatoms. The molecule has 0 saturated carbocycles. The summed E-state index contributed by atoms with van der Waals surface area (Å²) in [6.07, 6.45) is 3.59. The van der Waals surface area contributed by atoms with Crippen molar-refractivity contribution >= 4 is 16.5 Å². The number of thiazole rings is 1. The summed E-state index contributed by atoms with van der Waals surface area (Å²) in [5.74, 6) is 0. The summed E-state index contributed by atoms with van der Waals surface area (Å²) < 4.78 is 0. The molecule has 17 heavy (non-hydrogen) atoms. The Morgan fingerprint density at radius 3 is 2.76 bits per heavy atom. The van der Waals surface area contributed by atoms with Gasteiger partial charge in [-0.2, -0.15) is 0 Å². The lowest BCUT2D eigenvalue weighted by atomic mass is 10.0.